The molecule has 2 aromatic rings. The summed E-state index contributed by atoms with van der Waals surface area (Å²) < 4.78 is 153. The standard InChI is InChI=1S/C19H20FNO3/c20-15-3-1-13(2-4-15)17-7-8-21-10-14(17)11-22-16-5-6-18-19(9-16)24-12-23-18/h1-6,9,14,17,21H,7-8,10-12H2/t14-,17?/m1/s1/i1D,2D,3D,4D,7D2,8D2,10D2,11D2,12D2,14D. The van der Waals surface area contributed by atoms with Gasteiger partial charge in [0.1, 0.15) is 14.3 Å². The van der Waals surface area contributed by atoms with E-state index in [4.69, 9.17) is 34.8 Å². The number of ether oxygens (including phenoxy) is 3. The zero-order valence-electron chi connectivity index (χ0n) is 26.9. The average Bonchev–Trinajstić information content (AvgIpc) is 3.09. The van der Waals surface area contributed by atoms with Gasteiger partial charge < -0.3 is 19.5 Å². The quantitative estimate of drug-likeness (QED) is 0.924. The molecule has 4 rings (SSSR count). The summed E-state index contributed by atoms with van der Waals surface area (Å²) in [5.74, 6) is -8.84. The Bertz CT molecular complexity index is 1320. The van der Waals surface area contributed by atoms with E-state index in [9.17, 15) is 4.39 Å². The minimum absolute atomic E-state index is 0.0967. The second-order valence-corrected chi connectivity index (χ2v) is 4.69. The van der Waals surface area contributed by atoms with E-state index >= 15 is 0 Å². The third-order valence-corrected chi connectivity index (χ3v) is 3.16. The Balaban J connectivity index is 1.95. The van der Waals surface area contributed by atoms with Crippen LogP contribution in [0.3, 0.4) is 0 Å². The molecule has 2 aliphatic rings. The lowest BCUT2D eigenvalue weighted by Crippen LogP contribution is -2.38. The van der Waals surface area contributed by atoms with Crippen LogP contribution < -0.4 is 19.5 Å². The average molecular weight is 344 g/mol. The van der Waals surface area contributed by atoms with Crippen LogP contribution in [-0.4, -0.2) is 26.3 Å². The number of piperidine rings is 1. The first-order chi connectivity index (χ1) is 17.5. The highest BCUT2D eigenvalue weighted by atomic mass is 19.1. The summed E-state index contributed by atoms with van der Waals surface area (Å²) in [7, 11) is 0. The predicted octanol–water partition coefficient (Wildman–Crippen LogP) is 3.33. The van der Waals surface area contributed by atoms with Crippen molar-refractivity contribution in [3.63, 3.8) is 0 Å². The maximum Gasteiger partial charge on any atom is 0.231 e. The van der Waals surface area contributed by atoms with Gasteiger partial charge in [-0.25, -0.2) is 4.39 Å². The van der Waals surface area contributed by atoms with Crippen LogP contribution in [0.5, 0.6) is 17.2 Å². The molecular formula is C19H20FNO3. The molecule has 0 radical (unpaired) electrons. The van der Waals surface area contributed by atoms with Gasteiger partial charge in [-0.1, -0.05) is 12.1 Å². The number of nitrogens with one attached hydrogen (secondary N) is 1. The van der Waals surface area contributed by atoms with Crippen molar-refractivity contribution in [2.75, 3.05) is 26.3 Å². The number of rotatable bonds is 4. The lowest BCUT2D eigenvalue weighted by atomic mass is 9.81. The van der Waals surface area contributed by atoms with Crippen molar-refractivity contribution in [1.82, 2.24) is 5.32 Å². The largest absolute Gasteiger partial charge is 0.493 e. The van der Waals surface area contributed by atoms with Crippen molar-refractivity contribution in [1.29, 1.82) is 0 Å². The van der Waals surface area contributed by atoms with Crippen LogP contribution in [0.15, 0.2) is 42.4 Å². The fourth-order valence-corrected chi connectivity index (χ4v) is 2.04. The highest BCUT2D eigenvalue weighted by molar-refractivity contribution is 5.46. The van der Waals surface area contributed by atoms with Gasteiger partial charge in [0.05, 0.1) is 14.8 Å². The minimum atomic E-state index is -3.65. The van der Waals surface area contributed by atoms with Crippen LogP contribution in [-0.2, 0) is 0 Å². The SMILES string of the molecule is [2H]c1c([2H])c(C2C([2H])([2H])C([2H])([2H])NC([2H])([2H])[C@]2([2H])C([2H])([2H])Oc2ccc3c(c2)OC([2H])([2H])O3)c([2H])c([2H])c1F. The van der Waals surface area contributed by atoms with Gasteiger partial charge in [-0.15, -0.1) is 0 Å². The topological polar surface area (TPSA) is 39.7 Å². The fourth-order valence-electron chi connectivity index (χ4n) is 2.04. The Hall–Kier alpha value is -2.27. The summed E-state index contributed by atoms with van der Waals surface area (Å²) in [6.45, 7) is -13.1. The Morgan fingerprint density at radius 3 is 3.04 bits per heavy atom. The third kappa shape index (κ3) is 3.17. The van der Waals surface area contributed by atoms with Crippen molar-refractivity contribution in [2.24, 2.45) is 5.89 Å². The normalized spacial score (nSPS) is 43.5. The lowest BCUT2D eigenvalue weighted by molar-refractivity contribution is 0.173. The number of benzene rings is 2. The summed E-state index contributed by atoms with van der Waals surface area (Å²) in [5, 5.41) is 1.64. The maximum absolute atomic E-state index is 14.3. The molecule has 2 aromatic carbocycles. The van der Waals surface area contributed by atoms with Gasteiger partial charge >= 0.3 is 0 Å². The summed E-state index contributed by atoms with van der Waals surface area (Å²) in [5.41, 5.74) is -1.13. The first kappa shape index (κ1) is 5.92. The van der Waals surface area contributed by atoms with Gasteiger partial charge in [-0.3, -0.25) is 0 Å². The summed E-state index contributed by atoms with van der Waals surface area (Å²) in [4.78, 5) is 0. The van der Waals surface area contributed by atoms with E-state index in [0.717, 1.165) is 18.2 Å². The van der Waals surface area contributed by atoms with Gasteiger partial charge in [0.25, 0.3) is 0 Å². The van der Waals surface area contributed by atoms with Crippen molar-refractivity contribution in [2.45, 2.75) is 12.3 Å². The first-order valence-electron chi connectivity index (χ1n) is 14.3. The lowest BCUT2D eigenvalue weighted by Gasteiger charge is -2.32. The van der Waals surface area contributed by atoms with Crippen molar-refractivity contribution >= 4 is 0 Å². The fraction of sp³-hybridized carbons (Fsp3) is 0.368. The zero-order chi connectivity index (χ0) is 29.7. The Morgan fingerprint density at radius 1 is 1.33 bits per heavy atom. The molecule has 2 atom stereocenters. The number of halogens is 1. The van der Waals surface area contributed by atoms with Gasteiger partial charge in [0.2, 0.25) is 6.75 Å². The molecule has 0 spiro atoms. The number of hydrogen-bond acceptors (Lipinski definition) is 4. The smallest absolute Gasteiger partial charge is 0.231 e. The molecule has 24 heavy (non-hydrogen) atoms. The molecule has 1 unspecified atom stereocenters. The summed E-state index contributed by atoms with van der Waals surface area (Å²) in [6.07, 6.45) is -3.51. The molecule has 0 saturated carbocycles. The predicted molar refractivity (Wildman–Crippen MR) is 88.2 cm³/mol. The minimum Gasteiger partial charge on any atom is -0.493 e. The van der Waals surface area contributed by atoms with Crippen LogP contribution in [0.1, 0.15) is 38.4 Å². The molecule has 1 N–H and O–H groups in total. The highest BCUT2D eigenvalue weighted by Gasteiger charge is 2.27. The number of fused-ring (bicyclic) bond motifs is 1. The van der Waals surface area contributed by atoms with Crippen LogP contribution in [0.25, 0.3) is 0 Å². The van der Waals surface area contributed by atoms with Crippen LogP contribution in [0.4, 0.5) is 4.39 Å². The molecule has 126 valence electrons. The Labute approximate surface area is 161 Å². The maximum atomic E-state index is 14.3. The molecule has 5 heteroatoms. The monoisotopic (exact) mass is 344 g/mol. The van der Waals surface area contributed by atoms with Crippen LogP contribution in [0, 0.1) is 11.7 Å². The van der Waals surface area contributed by atoms with Crippen LogP contribution in [0.2, 0.25) is 0 Å². The Morgan fingerprint density at radius 2 is 2.17 bits per heavy atom. The van der Waals surface area contributed by atoms with E-state index in [2.05, 4.69) is 0 Å². The highest BCUT2D eigenvalue weighted by Crippen LogP contribution is 2.36. The van der Waals surface area contributed by atoms with Gasteiger partial charge in [-0.2, -0.15) is 0 Å². The third-order valence-electron chi connectivity index (χ3n) is 3.16. The molecule has 0 aliphatic carbocycles. The molecular weight excluding hydrogens is 309 g/mol. The molecule has 2 aliphatic heterocycles. The number of hydrogen-bond donors (Lipinski definition) is 1. The molecule has 4 nitrogen and oxygen atoms in total. The summed E-state index contributed by atoms with van der Waals surface area (Å²) >= 11 is 0. The molecule has 1 fully saturated rings. The first-order valence-corrected chi connectivity index (χ1v) is 6.77. The second kappa shape index (κ2) is 6.69. The molecule has 0 bridgehead atoms. The van der Waals surface area contributed by atoms with E-state index in [-0.39, 0.29) is 11.5 Å². The molecule has 2 heterocycles. The second-order valence-electron chi connectivity index (χ2n) is 4.69. The van der Waals surface area contributed by atoms with E-state index in [1.54, 1.807) is 5.32 Å². The zero-order valence-corrected chi connectivity index (χ0v) is 11.9. The van der Waals surface area contributed by atoms with Gasteiger partial charge in [-0.05, 0) is 48.6 Å². The molecule has 1 saturated heterocycles. The van der Waals surface area contributed by atoms with Crippen molar-refractivity contribution in [3.8, 4) is 17.2 Å². The van der Waals surface area contributed by atoms with Crippen LogP contribution >= 0.6 is 0 Å². The van der Waals surface area contributed by atoms with E-state index < -0.39 is 85.8 Å². The van der Waals surface area contributed by atoms with Gasteiger partial charge in [0.15, 0.2) is 11.5 Å². The molecule has 0 aromatic heterocycles. The van der Waals surface area contributed by atoms with E-state index in [1.165, 1.54) is 0 Å². The van der Waals surface area contributed by atoms with Crippen molar-refractivity contribution in [3.05, 3.63) is 53.7 Å². The molecule has 0 amide bonds. The van der Waals surface area contributed by atoms with E-state index in [0.29, 0.717) is 0 Å². The Kier molecular flexibility index (Phi) is 1.65. The van der Waals surface area contributed by atoms with E-state index in [1.807, 2.05) is 0 Å². The summed E-state index contributed by atoms with van der Waals surface area (Å²) in [6, 6.07) is -2.02. The van der Waals surface area contributed by atoms with Gasteiger partial charge in [0, 0.05) is 28.1 Å². The van der Waals surface area contributed by atoms with Crippen molar-refractivity contribution < 1.29 is 39.2 Å².